The maximum atomic E-state index is 13.8. The van der Waals surface area contributed by atoms with E-state index in [1.807, 2.05) is 0 Å². The Morgan fingerprint density at radius 2 is 1.83 bits per heavy atom. The molecule has 0 heterocycles. The lowest BCUT2D eigenvalue weighted by molar-refractivity contribution is -0.357. The molecule has 0 aliphatic heterocycles. The Labute approximate surface area is 105 Å². The summed E-state index contributed by atoms with van der Waals surface area (Å²) in [5, 5.41) is 0. The van der Waals surface area contributed by atoms with E-state index in [9.17, 15) is 17.6 Å². The largest absolute Gasteiger partial charge is 0.522 e. The molecule has 1 aliphatic rings. The van der Waals surface area contributed by atoms with Crippen molar-refractivity contribution >= 4 is 0 Å². The molecule has 1 fully saturated rings. The number of hydrogen-bond donors (Lipinski definition) is 1. The van der Waals surface area contributed by atoms with Crippen molar-refractivity contribution in [1.82, 2.24) is 0 Å². The van der Waals surface area contributed by atoms with Gasteiger partial charge in [0, 0.05) is 6.04 Å². The zero-order chi connectivity index (χ0) is 14.1. The zero-order valence-electron chi connectivity index (χ0n) is 10.9. The monoisotopic (exact) mass is 271 g/mol. The first-order chi connectivity index (χ1) is 8.06. The molecule has 1 aliphatic carbocycles. The lowest BCUT2D eigenvalue weighted by Crippen LogP contribution is -2.43. The van der Waals surface area contributed by atoms with Crippen LogP contribution in [0.1, 0.15) is 40.0 Å². The first-order valence-electron chi connectivity index (χ1n) is 6.20. The van der Waals surface area contributed by atoms with Crippen molar-refractivity contribution in [3.05, 3.63) is 0 Å². The number of ether oxygens (including phenoxy) is 1. The van der Waals surface area contributed by atoms with E-state index in [0.29, 0.717) is 0 Å². The molecule has 1 saturated carbocycles. The van der Waals surface area contributed by atoms with Crippen LogP contribution in [-0.4, -0.2) is 24.7 Å². The first kappa shape index (κ1) is 15.7. The second-order valence-electron chi connectivity index (χ2n) is 5.67. The summed E-state index contributed by atoms with van der Waals surface area (Å²) in [6.07, 6.45) is -6.66. The molecular formula is C12H21F4NO. The minimum absolute atomic E-state index is 0.00653. The fourth-order valence-corrected chi connectivity index (χ4v) is 2.52. The third kappa shape index (κ3) is 3.57. The number of nitrogens with two attached hydrogens (primary N) is 1. The summed E-state index contributed by atoms with van der Waals surface area (Å²) in [6, 6.07) is -0.704. The second kappa shape index (κ2) is 5.33. The van der Waals surface area contributed by atoms with Crippen LogP contribution in [0.4, 0.5) is 17.6 Å². The van der Waals surface area contributed by atoms with E-state index < -0.39 is 30.1 Å². The average molecular weight is 271 g/mol. The molecule has 0 amide bonds. The fraction of sp³-hybridized carbons (Fsp3) is 1.00. The molecule has 0 radical (unpaired) electrons. The predicted molar refractivity (Wildman–Crippen MR) is 60.6 cm³/mol. The van der Waals surface area contributed by atoms with Gasteiger partial charge in [0.15, 0.2) is 0 Å². The molecule has 2 nitrogen and oxygen atoms in total. The topological polar surface area (TPSA) is 35.2 Å². The predicted octanol–water partition coefficient (Wildman–Crippen LogP) is 3.40. The molecule has 0 aromatic rings. The number of alkyl halides is 4. The summed E-state index contributed by atoms with van der Waals surface area (Å²) >= 11 is 0. The SMILES string of the molecule is CC(C)C1(C)CC(F)C(N)CCC1OC(F)(F)F. The van der Waals surface area contributed by atoms with E-state index in [1.54, 1.807) is 20.8 Å². The summed E-state index contributed by atoms with van der Waals surface area (Å²) in [7, 11) is 0. The van der Waals surface area contributed by atoms with E-state index in [0.717, 1.165) is 0 Å². The van der Waals surface area contributed by atoms with Gasteiger partial charge in [0.2, 0.25) is 0 Å². The summed E-state index contributed by atoms with van der Waals surface area (Å²) in [5.41, 5.74) is 4.76. The van der Waals surface area contributed by atoms with Gasteiger partial charge >= 0.3 is 6.36 Å². The summed E-state index contributed by atoms with van der Waals surface area (Å²) < 4.78 is 55.3. The highest BCUT2D eigenvalue weighted by Gasteiger charge is 2.48. The van der Waals surface area contributed by atoms with E-state index in [2.05, 4.69) is 4.74 Å². The summed E-state index contributed by atoms with van der Waals surface area (Å²) in [4.78, 5) is 0. The van der Waals surface area contributed by atoms with Crippen molar-refractivity contribution in [3.63, 3.8) is 0 Å². The van der Waals surface area contributed by atoms with Crippen molar-refractivity contribution < 1.29 is 22.3 Å². The van der Waals surface area contributed by atoms with Gasteiger partial charge in [-0.15, -0.1) is 13.2 Å². The highest BCUT2D eigenvalue weighted by molar-refractivity contribution is 4.95. The molecule has 0 aromatic heterocycles. The van der Waals surface area contributed by atoms with Crippen LogP contribution in [0.3, 0.4) is 0 Å². The lowest BCUT2D eigenvalue weighted by Gasteiger charge is -2.40. The van der Waals surface area contributed by atoms with Gasteiger partial charge < -0.3 is 5.73 Å². The van der Waals surface area contributed by atoms with Crippen LogP contribution in [0.25, 0.3) is 0 Å². The third-order valence-electron chi connectivity index (χ3n) is 4.19. The van der Waals surface area contributed by atoms with Crippen LogP contribution in [-0.2, 0) is 4.74 Å². The Kier molecular flexibility index (Phi) is 4.65. The molecule has 6 heteroatoms. The molecule has 0 bridgehead atoms. The molecule has 108 valence electrons. The maximum Gasteiger partial charge on any atom is 0.522 e. The number of hydrogen-bond acceptors (Lipinski definition) is 2. The molecule has 0 saturated heterocycles. The van der Waals surface area contributed by atoms with Crippen molar-refractivity contribution in [2.24, 2.45) is 17.1 Å². The van der Waals surface area contributed by atoms with Crippen LogP contribution >= 0.6 is 0 Å². The van der Waals surface area contributed by atoms with Gasteiger partial charge in [-0.3, -0.25) is 4.74 Å². The van der Waals surface area contributed by atoms with Gasteiger partial charge in [0.25, 0.3) is 0 Å². The van der Waals surface area contributed by atoms with Gasteiger partial charge in [-0.25, -0.2) is 4.39 Å². The molecule has 18 heavy (non-hydrogen) atoms. The van der Waals surface area contributed by atoms with E-state index in [-0.39, 0.29) is 25.2 Å². The van der Waals surface area contributed by atoms with Crippen LogP contribution in [0.2, 0.25) is 0 Å². The smallest absolute Gasteiger partial charge is 0.325 e. The van der Waals surface area contributed by atoms with Gasteiger partial charge in [0.1, 0.15) is 6.17 Å². The first-order valence-corrected chi connectivity index (χ1v) is 6.20. The van der Waals surface area contributed by atoms with E-state index >= 15 is 0 Å². The molecule has 4 atom stereocenters. The minimum Gasteiger partial charge on any atom is -0.325 e. The molecule has 0 spiro atoms. The third-order valence-corrected chi connectivity index (χ3v) is 4.19. The zero-order valence-corrected chi connectivity index (χ0v) is 10.9. The summed E-state index contributed by atoms with van der Waals surface area (Å²) in [5.74, 6) is -0.117. The minimum atomic E-state index is -4.69. The highest BCUT2D eigenvalue weighted by Crippen LogP contribution is 2.45. The van der Waals surface area contributed by atoms with Gasteiger partial charge in [0.05, 0.1) is 6.10 Å². The lowest BCUT2D eigenvalue weighted by atomic mass is 9.71. The quantitative estimate of drug-likeness (QED) is 0.617. The van der Waals surface area contributed by atoms with Crippen LogP contribution in [0.5, 0.6) is 0 Å². The number of halogens is 4. The second-order valence-corrected chi connectivity index (χ2v) is 5.67. The van der Waals surface area contributed by atoms with E-state index in [1.165, 1.54) is 0 Å². The normalized spacial score (nSPS) is 38.8. The van der Waals surface area contributed by atoms with Gasteiger partial charge in [-0.2, -0.15) is 0 Å². The average Bonchev–Trinajstić information content (AvgIpc) is 2.29. The Morgan fingerprint density at radius 1 is 1.28 bits per heavy atom. The number of rotatable bonds is 2. The fourth-order valence-electron chi connectivity index (χ4n) is 2.52. The Morgan fingerprint density at radius 3 is 2.28 bits per heavy atom. The molecule has 0 aromatic carbocycles. The highest BCUT2D eigenvalue weighted by atomic mass is 19.4. The molecule has 2 N–H and O–H groups in total. The van der Waals surface area contributed by atoms with Crippen LogP contribution in [0, 0.1) is 11.3 Å². The Hall–Kier alpha value is -0.360. The maximum absolute atomic E-state index is 13.8. The van der Waals surface area contributed by atoms with E-state index in [4.69, 9.17) is 5.73 Å². The standard InChI is InChI=1S/C12H21F4NO/c1-7(2)11(3)6-8(13)9(17)4-5-10(11)18-12(14,15)16/h7-10H,4-6,17H2,1-3H3. The van der Waals surface area contributed by atoms with Gasteiger partial charge in [-0.1, -0.05) is 20.8 Å². The van der Waals surface area contributed by atoms with Crippen molar-refractivity contribution in [1.29, 1.82) is 0 Å². The van der Waals surface area contributed by atoms with Crippen molar-refractivity contribution in [2.75, 3.05) is 0 Å². The Bertz CT molecular complexity index is 282. The van der Waals surface area contributed by atoms with Crippen LogP contribution < -0.4 is 5.73 Å². The van der Waals surface area contributed by atoms with Crippen molar-refractivity contribution in [3.8, 4) is 0 Å². The van der Waals surface area contributed by atoms with Crippen molar-refractivity contribution in [2.45, 2.75) is 64.7 Å². The Balaban J connectivity index is 2.96. The molecular weight excluding hydrogens is 250 g/mol. The molecule has 1 rings (SSSR count). The molecule has 4 unspecified atom stereocenters. The van der Waals surface area contributed by atoms with Gasteiger partial charge in [-0.05, 0) is 30.6 Å². The summed E-state index contributed by atoms with van der Waals surface area (Å²) in [6.45, 7) is 5.23. The van der Waals surface area contributed by atoms with Crippen LogP contribution in [0.15, 0.2) is 0 Å².